The van der Waals surface area contributed by atoms with Gasteiger partial charge in [0.25, 0.3) is 0 Å². The number of nitrogens with one attached hydrogen (secondary N) is 1. The van der Waals surface area contributed by atoms with E-state index in [0.29, 0.717) is 18.2 Å². The molecule has 1 aliphatic heterocycles. The minimum atomic E-state index is 0.298. The van der Waals surface area contributed by atoms with Gasteiger partial charge in [0.1, 0.15) is 0 Å². The van der Waals surface area contributed by atoms with Crippen LogP contribution in [-0.4, -0.2) is 62.5 Å². The molecule has 0 aliphatic carbocycles. The highest BCUT2D eigenvalue weighted by Gasteiger charge is 2.19. The Labute approximate surface area is 105 Å². The molecule has 1 atom stereocenters. The summed E-state index contributed by atoms with van der Waals surface area (Å²) >= 11 is 0. The molecule has 1 saturated heterocycles. The van der Waals surface area contributed by atoms with Crippen LogP contribution >= 0.6 is 0 Å². The third-order valence-electron chi connectivity index (χ3n) is 3.38. The molecule has 0 spiro atoms. The van der Waals surface area contributed by atoms with Crippen molar-refractivity contribution < 1.29 is 4.79 Å². The van der Waals surface area contributed by atoms with E-state index < -0.39 is 0 Å². The standard InChI is InChI=1S/C13H27N3O/c1-4-16(13(17)7-9-15(2)3)11-12-6-5-8-14-10-12/h12,14H,4-11H2,1-3H3. The maximum atomic E-state index is 12.0. The summed E-state index contributed by atoms with van der Waals surface area (Å²) in [4.78, 5) is 16.1. The van der Waals surface area contributed by atoms with E-state index in [-0.39, 0.29) is 0 Å². The van der Waals surface area contributed by atoms with Crippen molar-refractivity contribution in [1.82, 2.24) is 15.1 Å². The van der Waals surface area contributed by atoms with Crippen LogP contribution in [0.4, 0.5) is 0 Å². The van der Waals surface area contributed by atoms with Gasteiger partial charge in [0.05, 0.1) is 0 Å². The second-order valence-corrected chi connectivity index (χ2v) is 5.20. The summed E-state index contributed by atoms with van der Waals surface area (Å²) in [5.74, 6) is 0.943. The highest BCUT2D eigenvalue weighted by Crippen LogP contribution is 2.12. The minimum absolute atomic E-state index is 0.298. The molecule has 1 rings (SSSR count). The average molecular weight is 241 g/mol. The van der Waals surface area contributed by atoms with Crippen LogP contribution in [0.25, 0.3) is 0 Å². The Morgan fingerprint density at radius 2 is 2.18 bits per heavy atom. The van der Waals surface area contributed by atoms with E-state index in [2.05, 4.69) is 17.1 Å². The number of carbonyl (C=O) groups excluding carboxylic acids is 1. The molecule has 4 nitrogen and oxygen atoms in total. The van der Waals surface area contributed by atoms with E-state index >= 15 is 0 Å². The third kappa shape index (κ3) is 5.50. The zero-order valence-electron chi connectivity index (χ0n) is 11.5. The minimum Gasteiger partial charge on any atom is -0.343 e. The molecule has 1 unspecified atom stereocenters. The lowest BCUT2D eigenvalue weighted by molar-refractivity contribution is -0.132. The van der Waals surface area contributed by atoms with E-state index in [9.17, 15) is 4.79 Å². The summed E-state index contributed by atoms with van der Waals surface area (Å²) in [7, 11) is 4.02. The summed E-state index contributed by atoms with van der Waals surface area (Å²) in [5.41, 5.74) is 0. The van der Waals surface area contributed by atoms with Crippen LogP contribution in [0.3, 0.4) is 0 Å². The molecule has 1 N–H and O–H groups in total. The number of hydrogen-bond acceptors (Lipinski definition) is 3. The van der Waals surface area contributed by atoms with Gasteiger partial charge in [-0.2, -0.15) is 0 Å². The SMILES string of the molecule is CCN(CC1CCCNC1)C(=O)CCN(C)C. The summed E-state index contributed by atoms with van der Waals surface area (Å²) in [6, 6.07) is 0. The number of hydrogen-bond donors (Lipinski definition) is 1. The van der Waals surface area contributed by atoms with Gasteiger partial charge < -0.3 is 15.1 Å². The van der Waals surface area contributed by atoms with Gasteiger partial charge in [0.2, 0.25) is 5.91 Å². The van der Waals surface area contributed by atoms with Crippen LogP contribution in [0, 0.1) is 5.92 Å². The van der Waals surface area contributed by atoms with Crippen molar-refractivity contribution in [1.29, 1.82) is 0 Å². The summed E-state index contributed by atoms with van der Waals surface area (Å²) in [6.07, 6.45) is 3.14. The van der Waals surface area contributed by atoms with E-state index in [0.717, 1.165) is 32.7 Å². The molecule has 4 heteroatoms. The number of rotatable bonds is 6. The Morgan fingerprint density at radius 1 is 1.41 bits per heavy atom. The van der Waals surface area contributed by atoms with Crippen LogP contribution < -0.4 is 5.32 Å². The number of amides is 1. The second kappa shape index (κ2) is 7.67. The molecule has 0 bridgehead atoms. The van der Waals surface area contributed by atoms with Crippen molar-refractivity contribution in [3.8, 4) is 0 Å². The van der Waals surface area contributed by atoms with E-state index in [1.54, 1.807) is 0 Å². The molecule has 0 aromatic rings. The quantitative estimate of drug-likeness (QED) is 0.747. The second-order valence-electron chi connectivity index (χ2n) is 5.20. The van der Waals surface area contributed by atoms with Gasteiger partial charge in [-0.25, -0.2) is 0 Å². The predicted octanol–water partition coefficient (Wildman–Crippen LogP) is 0.786. The molecule has 1 heterocycles. The van der Waals surface area contributed by atoms with Gasteiger partial charge in [0.15, 0.2) is 0 Å². The maximum absolute atomic E-state index is 12.0. The topological polar surface area (TPSA) is 35.6 Å². The smallest absolute Gasteiger partial charge is 0.223 e. The number of nitrogens with zero attached hydrogens (tertiary/aromatic N) is 2. The fourth-order valence-electron chi connectivity index (χ4n) is 2.28. The molecule has 1 fully saturated rings. The van der Waals surface area contributed by atoms with Crippen LogP contribution in [0.2, 0.25) is 0 Å². The fraction of sp³-hybridized carbons (Fsp3) is 0.923. The lowest BCUT2D eigenvalue weighted by Crippen LogP contribution is -2.41. The van der Waals surface area contributed by atoms with Crippen LogP contribution in [0.15, 0.2) is 0 Å². The van der Waals surface area contributed by atoms with Gasteiger partial charge in [-0.3, -0.25) is 4.79 Å². The van der Waals surface area contributed by atoms with Crippen LogP contribution in [0.1, 0.15) is 26.2 Å². The fourth-order valence-corrected chi connectivity index (χ4v) is 2.28. The molecule has 0 aromatic heterocycles. The zero-order valence-corrected chi connectivity index (χ0v) is 11.5. The van der Waals surface area contributed by atoms with E-state index in [1.165, 1.54) is 12.8 Å². The first-order valence-corrected chi connectivity index (χ1v) is 6.76. The van der Waals surface area contributed by atoms with Crippen LogP contribution in [-0.2, 0) is 4.79 Å². The first-order chi connectivity index (χ1) is 8.13. The van der Waals surface area contributed by atoms with Crippen molar-refractivity contribution in [3.05, 3.63) is 0 Å². The summed E-state index contributed by atoms with van der Waals surface area (Å²) < 4.78 is 0. The molecular weight excluding hydrogens is 214 g/mol. The molecule has 17 heavy (non-hydrogen) atoms. The van der Waals surface area contributed by atoms with Crippen molar-refractivity contribution >= 4 is 5.91 Å². The predicted molar refractivity (Wildman–Crippen MR) is 71.0 cm³/mol. The Kier molecular flexibility index (Phi) is 6.52. The first-order valence-electron chi connectivity index (χ1n) is 6.76. The Bertz CT molecular complexity index is 225. The molecular formula is C13H27N3O. The maximum Gasteiger partial charge on any atom is 0.223 e. The first kappa shape index (κ1) is 14.5. The lowest BCUT2D eigenvalue weighted by Gasteiger charge is -2.29. The van der Waals surface area contributed by atoms with Gasteiger partial charge >= 0.3 is 0 Å². The number of piperidine rings is 1. The van der Waals surface area contributed by atoms with Crippen molar-refractivity contribution in [3.63, 3.8) is 0 Å². The van der Waals surface area contributed by atoms with Gasteiger partial charge in [-0.15, -0.1) is 0 Å². The van der Waals surface area contributed by atoms with Gasteiger partial charge in [-0.05, 0) is 52.9 Å². The average Bonchev–Trinajstić information content (AvgIpc) is 2.34. The molecule has 0 radical (unpaired) electrons. The molecule has 1 aliphatic rings. The van der Waals surface area contributed by atoms with Crippen molar-refractivity contribution in [2.24, 2.45) is 5.92 Å². The summed E-state index contributed by atoms with van der Waals surface area (Å²) in [5, 5.41) is 3.41. The Balaban J connectivity index is 2.32. The molecule has 0 saturated carbocycles. The largest absolute Gasteiger partial charge is 0.343 e. The molecule has 100 valence electrons. The molecule has 1 amide bonds. The third-order valence-corrected chi connectivity index (χ3v) is 3.38. The lowest BCUT2D eigenvalue weighted by atomic mass is 9.99. The zero-order chi connectivity index (χ0) is 12.7. The Hall–Kier alpha value is -0.610. The van der Waals surface area contributed by atoms with E-state index in [4.69, 9.17) is 0 Å². The van der Waals surface area contributed by atoms with Crippen molar-refractivity contribution in [2.45, 2.75) is 26.2 Å². The van der Waals surface area contributed by atoms with E-state index in [1.807, 2.05) is 19.0 Å². The summed E-state index contributed by atoms with van der Waals surface area (Å²) in [6.45, 7) is 6.88. The monoisotopic (exact) mass is 241 g/mol. The van der Waals surface area contributed by atoms with Crippen LogP contribution in [0.5, 0.6) is 0 Å². The highest BCUT2D eigenvalue weighted by atomic mass is 16.2. The Morgan fingerprint density at radius 3 is 2.71 bits per heavy atom. The van der Waals surface area contributed by atoms with Gasteiger partial charge in [-0.1, -0.05) is 0 Å². The molecule has 0 aromatic carbocycles. The normalized spacial score (nSPS) is 20.6. The highest BCUT2D eigenvalue weighted by molar-refractivity contribution is 5.76. The van der Waals surface area contributed by atoms with Crippen molar-refractivity contribution in [2.75, 3.05) is 46.8 Å². The van der Waals surface area contributed by atoms with Gasteiger partial charge in [0, 0.05) is 26.1 Å². The number of carbonyl (C=O) groups is 1.